The van der Waals surface area contributed by atoms with Crippen molar-refractivity contribution in [3.8, 4) is 11.5 Å². The first-order valence-corrected chi connectivity index (χ1v) is 9.55. The summed E-state index contributed by atoms with van der Waals surface area (Å²) in [4.78, 5) is 29.8. The molecule has 1 aromatic heterocycles. The van der Waals surface area contributed by atoms with Gasteiger partial charge in [0, 0.05) is 17.1 Å². The zero-order valence-corrected chi connectivity index (χ0v) is 17.4. The molecule has 0 bridgehead atoms. The Balaban J connectivity index is 1.76. The molecule has 2 aromatic carbocycles. The van der Waals surface area contributed by atoms with E-state index < -0.39 is 18.5 Å². The van der Waals surface area contributed by atoms with Gasteiger partial charge < -0.3 is 19.5 Å². The standard InChI is InChI=1S/C23H24N2O5/c1-5-17-14(2)22(16-8-6-7-9-18(16)24-17)23(27)30-13-21(26)25-19-11-10-15(28-3)12-20(19)29-4/h6-12H,5,13H2,1-4H3,(H,25,26). The van der Waals surface area contributed by atoms with Gasteiger partial charge in [-0.05, 0) is 37.1 Å². The van der Waals surface area contributed by atoms with Gasteiger partial charge in [0.15, 0.2) is 6.61 Å². The number of aromatic nitrogens is 1. The zero-order valence-electron chi connectivity index (χ0n) is 17.4. The summed E-state index contributed by atoms with van der Waals surface area (Å²) in [6, 6.07) is 12.4. The number of ether oxygens (including phenoxy) is 3. The average Bonchev–Trinajstić information content (AvgIpc) is 2.77. The van der Waals surface area contributed by atoms with E-state index in [9.17, 15) is 9.59 Å². The minimum Gasteiger partial charge on any atom is -0.497 e. The van der Waals surface area contributed by atoms with Crippen molar-refractivity contribution in [2.75, 3.05) is 26.1 Å². The van der Waals surface area contributed by atoms with Crippen molar-refractivity contribution in [1.29, 1.82) is 0 Å². The Hall–Kier alpha value is -3.61. The molecule has 0 spiro atoms. The lowest BCUT2D eigenvalue weighted by Crippen LogP contribution is -2.22. The summed E-state index contributed by atoms with van der Waals surface area (Å²) in [5.41, 5.74) is 3.20. The second-order valence-corrected chi connectivity index (χ2v) is 6.62. The largest absolute Gasteiger partial charge is 0.497 e. The second-order valence-electron chi connectivity index (χ2n) is 6.62. The summed E-state index contributed by atoms with van der Waals surface area (Å²) in [5, 5.41) is 3.39. The average molecular weight is 408 g/mol. The third-order valence-electron chi connectivity index (χ3n) is 4.79. The maximum atomic E-state index is 12.8. The number of hydrogen-bond donors (Lipinski definition) is 1. The number of nitrogens with one attached hydrogen (secondary N) is 1. The lowest BCUT2D eigenvalue weighted by molar-refractivity contribution is -0.119. The van der Waals surface area contributed by atoms with Crippen molar-refractivity contribution < 1.29 is 23.8 Å². The molecule has 0 aliphatic rings. The van der Waals surface area contributed by atoms with Crippen LogP contribution in [0.4, 0.5) is 5.69 Å². The second kappa shape index (κ2) is 9.26. The smallest absolute Gasteiger partial charge is 0.339 e. The molecule has 3 rings (SSSR count). The topological polar surface area (TPSA) is 86.8 Å². The molecule has 0 aliphatic carbocycles. The molecule has 1 amide bonds. The highest BCUT2D eigenvalue weighted by molar-refractivity contribution is 6.06. The van der Waals surface area contributed by atoms with E-state index in [4.69, 9.17) is 14.2 Å². The summed E-state index contributed by atoms with van der Waals surface area (Å²) >= 11 is 0. The van der Waals surface area contributed by atoms with Crippen molar-refractivity contribution in [2.24, 2.45) is 0 Å². The molecule has 1 N–H and O–H groups in total. The highest BCUT2D eigenvalue weighted by Gasteiger charge is 2.20. The number of aryl methyl sites for hydroxylation is 1. The van der Waals surface area contributed by atoms with Gasteiger partial charge in [-0.25, -0.2) is 4.79 Å². The number of para-hydroxylation sites is 1. The third kappa shape index (κ3) is 4.35. The number of carbonyl (C=O) groups is 2. The van der Waals surface area contributed by atoms with Crippen molar-refractivity contribution in [2.45, 2.75) is 20.3 Å². The fraction of sp³-hybridized carbons (Fsp3) is 0.261. The number of pyridine rings is 1. The van der Waals surface area contributed by atoms with E-state index in [1.807, 2.05) is 38.1 Å². The Morgan fingerprint density at radius 1 is 1.07 bits per heavy atom. The Morgan fingerprint density at radius 3 is 2.53 bits per heavy atom. The number of rotatable bonds is 7. The first-order chi connectivity index (χ1) is 14.5. The monoisotopic (exact) mass is 408 g/mol. The molecule has 7 heteroatoms. The summed E-state index contributed by atoms with van der Waals surface area (Å²) in [6.07, 6.45) is 0.689. The number of amides is 1. The van der Waals surface area contributed by atoms with E-state index in [0.717, 1.165) is 16.8 Å². The molecule has 7 nitrogen and oxygen atoms in total. The van der Waals surface area contributed by atoms with Gasteiger partial charge in [0.2, 0.25) is 0 Å². The minimum atomic E-state index is -0.558. The van der Waals surface area contributed by atoms with Crippen LogP contribution in [-0.2, 0) is 16.0 Å². The van der Waals surface area contributed by atoms with Gasteiger partial charge in [-0.15, -0.1) is 0 Å². The molecule has 30 heavy (non-hydrogen) atoms. The van der Waals surface area contributed by atoms with Crippen molar-refractivity contribution in [3.63, 3.8) is 0 Å². The third-order valence-corrected chi connectivity index (χ3v) is 4.79. The van der Waals surface area contributed by atoms with E-state index in [-0.39, 0.29) is 0 Å². The highest BCUT2D eigenvalue weighted by Crippen LogP contribution is 2.29. The van der Waals surface area contributed by atoms with Crippen LogP contribution in [0.5, 0.6) is 11.5 Å². The van der Waals surface area contributed by atoms with Gasteiger partial charge in [0.1, 0.15) is 11.5 Å². The number of fused-ring (bicyclic) bond motifs is 1. The lowest BCUT2D eigenvalue weighted by Gasteiger charge is -2.14. The van der Waals surface area contributed by atoms with Crippen LogP contribution in [0, 0.1) is 6.92 Å². The molecule has 0 fully saturated rings. The van der Waals surface area contributed by atoms with Crippen LogP contribution >= 0.6 is 0 Å². The van der Waals surface area contributed by atoms with Crippen molar-refractivity contribution >= 4 is 28.5 Å². The molecule has 0 aliphatic heterocycles. The van der Waals surface area contributed by atoms with Crippen LogP contribution in [0.25, 0.3) is 10.9 Å². The molecule has 0 radical (unpaired) electrons. The molecular weight excluding hydrogens is 384 g/mol. The predicted octanol–water partition coefficient (Wildman–Crippen LogP) is 3.92. The summed E-state index contributed by atoms with van der Waals surface area (Å²) in [6.45, 7) is 3.40. The summed E-state index contributed by atoms with van der Waals surface area (Å²) in [5.74, 6) is 0.0109. The fourth-order valence-corrected chi connectivity index (χ4v) is 3.26. The van der Waals surface area contributed by atoms with Crippen LogP contribution in [0.2, 0.25) is 0 Å². The first kappa shape index (κ1) is 21.1. The van der Waals surface area contributed by atoms with E-state index >= 15 is 0 Å². The van der Waals surface area contributed by atoms with Gasteiger partial charge >= 0.3 is 5.97 Å². The Labute approximate surface area is 175 Å². The maximum absolute atomic E-state index is 12.8. The molecule has 156 valence electrons. The number of carbonyl (C=O) groups excluding carboxylic acids is 2. The van der Waals surface area contributed by atoms with Gasteiger partial charge in [-0.3, -0.25) is 9.78 Å². The number of hydrogen-bond acceptors (Lipinski definition) is 6. The Morgan fingerprint density at radius 2 is 1.83 bits per heavy atom. The van der Waals surface area contributed by atoms with Gasteiger partial charge in [0.25, 0.3) is 5.91 Å². The molecular formula is C23H24N2O5. The van der Waals surface area contributed by atoms with Crippen LogP contribution in [0.15, 0.2) is 42.5 Å². The van der Waals surface area contributed by atoms with E-state index in [2.05, 4.69) is 10.3 Å². The van der Waals surface area contributed by atoms with Crippen LogP contribution in [0.3, 0.4) is 0 Å². The number of methoxy groups -OCH3 is 2. The Kier molecular flexibility index (Phi) is 6.51. The quantitative estimate of drug-likeness (QED) is 0.597. The van der Waals surface area contributed by atoms with Gasteiger partial charge in [-0.1, -0.05) is 25.1 Å². The number of esters is 1. The maximum Gasteiger partial charge on any atom is 0.339 e. The number of nitrogens with zero attached hydrogens (tertiary/aromatic N) is 1. The van der Waals surface area contributed by atoms with E-state index in [1.165, 1.54) is 7.11 Å². The highest BCUT2D eigenvalue weighted by atomic mass is 16.5. The van der Waals surface area contributed by atoms with Crippen LogP contribution < -0.4 is 14.8 Å². The number of anilines is 1. The Bertz CT molecular complexity index is 1090. The minimum absolute atomic E-state index is 0.425. The van der Waals surface area contributed by atoms with Crippen LogP contribution in [0.1, 0.15) is 28.5 Å². The molecule has 3 aromatic rings. The molecule has 0 saturated carbocycles. The van der Waals surface area contributed by atoms with Gasteiger partial charge in [-0.2, -0.15) is 0 Å². The molecule has 0 atom stereocenters. The van der Waals surface area contributed by atoms with Crippen molar-refractivity contribution in [1.82, 2.24) is 4.98 Å². The summed E-state index contributed by atoms with van der Waals surface area (Å²) < 4.78 is 15.7. The SMILES string of the molecule is CCc1nc2ccccc2c(C(=O)OCC(=O)Nc2ccc(OC)cc2OC)c1C. The molecule has 0 unspecified atom stereocenters. The van der Waals surface area contributed by atoms with E-state index in [1.54, 1.807) is 25.3 Å². The molecule has 1 heterocycles. The zero-order chi connectivity index (χ0) is 21.7. The lowest BCUT2D eigenvalue weighted by atomic mass is 10.0. The summed E-state index contributed by atoms with van der Waals surface area (Å²) in [7, 11) is 3.04. The predicted molar refractivity (Wildman–Crippen MR) is 114 cm³/mol. The first-order valence-electron chi connectivity index (χ1n) is 9.55. The van der Waals surface area contributed by atoms with Crippen molar-refractivity contribution in [3.05, 3.63) is 59.3 Å². The molecule has 0 saturated heterocycles. The van der Waals surface area contributed by atoms with E-state index in [0.29, 0.717) is 34.6 Å². The fourth-order valence-electron chi connectivity index (χ4n) is 3.26. The normalized spacial score (nSPS) is 10.5. The van der Waals surface area contributed by atoms with Crippen LogP contribution in [-0.4, -0.2) is 37.7 Å². The number of benzene rings is 2. The van der Waals surface area contributed by atoms with Gasteiger partial charge in [0.05, 0.1) is 31.0 Å².